The molecule has 35 heavy (non-hydrogen) atoms. The second kappa shape index (κ2) is 9.34. The number of nitrogens with one attached hydrogen (secondary N) is 2. The van der Waals surface area contributed by atoms with Gasteiger partial charge < -0.3 is 24.8 Å². The van der Waals surface area contributed by atoms with Crippen LogP contribution in [-0.2, 0) is 0 Å². The normalized spacial score (nSPS) is 15.9. The van der Waals surface area contributed by atoms with Crippen LogP contribution in [0.1, 0.15) is 16.8 Å². The number of nitrogens with zero attached hydrogens (tertiary/aromatic N) is 4. The first-order valence-electron chi connectivity index (χ1n) is 11.4. The van der Waals surface area contributed by atoms with Crippen molar-refractivity contribution in [2.75, 3.05) is 39.6 Å². The van der Waals surface area contributed by atoms with Gasteiger partial charge in [-0.2, -0.15) is 0 Å². The van der Waals surface area contributed by atoms with Gasteiger partial charge in [0.25, 0.3) is 5.91 Å². The predicted octanol–water partition coefficient (Wildman–Crippen LogP) is 4.29. The number of likely N-dealkylation sites (N-methyl/N-ethyl adjacent to an activating group) is 2. The molecule has 8 nitrogen and oxygen atoms in total. The molecule has 0 spiro atoms. The average Bonchev–Trinajstić information content (AvgIpc) is 3.49. The van der Waals surface area contributed by atoms with Crippen LogP contribution in [0.15, 0.2) is 54.9 Å². The van der Waals surface area contributed by atoms with Crippen LogP contribution in [0.4, 0.5) is 15.9 Å². The number of methoxy groups -OCH3 is 1. The molecule has 9 heteroatoms. The van der Waals surface area contributed by atoms with E-state index in [9.17, 15) is 9.18 Å². The third-order valence-corrected chi connectivity index (χ3v) is 6.44. The second-order valence-corrected chi connectivity index (χ2v) is 8.87. The van der Waals surface area contributed by atoms with Crippen LogP contribution in [-0.4, -0.2) is 71.0 Å². The minimum atomic E-state index is -0.291. The lowest BCUT2D eigenvalue weighted by atomic mass is 10.1. The van der Waals surface area contributed by atoms with E-state index in [4.69, 9.17) is 4.74 Å². The molecule has 0 bridgehead atoms. The molecule has 1 atom stereocenters. The Kier molecular flexibility index (Phi) is 6.08. The number of benzene rings is 2. The van der Waals surface area contributed by atoms with E-state index in [0.29, 0.717) is 28.5 Å². The Hall–Kier alpha value is -3.98. The van der Waals surface area contributed by atoms with Crippen molar-refractivity contribution in [2.24, 2.45) is 0 Å². The van der Waals surface area contributed by atoms with E-state index in [1.54, 1.807) is 43.8 Å². The smallest absolute Gasteiger partial charge is 0.254 e. The number of aromatic amines is 1. The monoisotopic (exact) mass is 474 g/mol. The van der Waals surface area contributed by atoms with Crippen molar-refractivity contribution in [1.82, 2.24) is 24.8 Å². The lowest BCUT2D eigenvalue weighted by molar-refractivity contribution is 0.0737. The standard InChI is InChI=1S/C26H27FN6O2/c1-32-9-8-19(15-32)33(2)26(34)16-4-6-21(24(12-16)35-3)30-25-14-28-13-23(31-25)22-11-17-10-18(27)5-7-20(17)29-22/h4-7,10-14,19,29H,8-9,15H2,1-3H3,(H,30,31). The number of ether oxygens (including phenoxy) is 1. The summed E-state index contributed by atoms with van der Waals surface area (Å²) in [6.45, 7) is 1.86. The van der Waals surface area contributed by atoms with Crippen molar-refractivity contribution in [2.45, 2.75) is 12.5 Å². The van der Waals surface area contributed by atoms with E-state index in [0.717, 1.165) is 36.1 Å². The minimum Gasteiger partial charge on any atom is -0.495 e. The largest absolute Gasteiger partial charge is 0.495 e. The topological polar surface area (TPSA) is 86.4 Å². The van der Waals surface area contributed by atoms with Gasteiger partial charge in [0.1, 0.15) is 23.1 Å². The summed E-state index contributed by atoms with van der Waals surface area (Å²) in [7, 11) is 5.48. The SMILES string of the molecule is COc1cc(C(=O)N(C)C2CCN(C)C2)ccc1Nc1cncc(-c2cc3cc(F)ccc3[nH]2)n1. The summed E-state index contributed by atoms with van der Waals surface area (Å²) in [5.74, 6) is 0.712. The van der Waals surface area contributed by atoms with Crippen LogP contribution in [0.2, 0.25) is 0 Å². The molecule has 3 heterocycles. The maximum atomic E-state index is 13.6. The lowest BCUT2D eigenvalue weighted by Crippen LogP contribution is -2.38. The van der Waals surface area contributed by atoms with Gasteiger partial charge in [0.15, 0.2) is 0 Å². The zero-order valence-electron chi connectivity index (χ0n) is 19.9. The first-order chi connectivity index (χ1) is 16.9. The fraction of sp³-hybridized carbons (Fsp3) is 0.269. The summed E-state index contributed by atoms with van der Waals surface area (Å²) in [4.78, 5) is 29.3. The molecule has 0 aliphatic carbocycles. The summed E-state index contributed by atoms with van der Waals surface area (Å²) >= 11 is 0. The second-order valence-electron chi connectivity index (χ2n) is 8.87. The van der Waals surface area contributed by atoms with E-state index in [-0.39, 0.29) is 17.8 Å². The van der Waals surface area contributed by atoms with Crippen molar-refractivity contribution in [3.63, 3.8) is 0 Å². The fourth-order valence-electron chi connectivity index (χ4n) is 4.46. The maximum absolute atomic E-state index is 13.6. The Balaban J connectivity index is 1.36. The highest BCUT2D eigenvalue weighted by molar-refractivity contribution is 5.95. The highest BCUT2D eigenvalue weighted by Gasteiger charge is 2.27. The Morgan fingerprint density at radius 3 is 2.86 bits per heavy atom. The van der Waals surface area contributed by atoms with Crippen LogP contribution in [0.5, 0.6) is 5.75 Å². The van der Waals surface area contributed by atoms with E-state index in [1.165, 1.54) is 12.1 Å². The number of carbonyl (C=O) groups excluding carboxylic acids is 1. The van der Waals surface area contributed by atoms with Crippen molar-refractivity contribution >= 4 is 28.3 Å². The predicted molar refractivity (Wildman–Crippen MR) is 134 cm³/mol. The zero-order chi connectivity index (χ0) is 24.5. The number of likely N-dealkylation sites (tertiary alicyclic amines) is 1. The van der Waals surface area contributed by atoms with Crippen LogP contribution in [0.25, 0.3) is 22.3 Å². The number of H-pyrrole nitrogens is 1. The molecule has 2 aromatic heterocycles. The van der Waals surface area contributed by atoms with E-state index >= 15 is 0 Å². The number of hydrogen-bond acceptors (Lipinski definition) is 6. The molecule has 1 unspecified atom stereocenters. The number of fused-ring (bicyclic) bond motifs is 1. The van der Waals surface area contributed by atoms with Gasteiger partial charge >= 0.3 is 0 Å². The van der Waals surface area contributed by atoms with Crippen molar-refractivity contribution in [3.05, 3.63) is 66.2 Å². The third-order valence-electron chi connectivity index (χ3n) is 6.44. The Morgan fingerprint density at radius 1 is 1.23 bits per heavy atom. The summed E-state index contributed by atoms with van der Waals surface area (Å²) in [6.07, 6.45) is 4.21. The Labute approximate surface area is 202 Å². The number of carbonyl (C=O) groups is 1. The number of aromatic nitrogens is 3. The molecule has 5 rings (SSSR count). The number of anilines is 2. The van der Waals surface area contributed by atoms with Crippen LogP contribution < -0.4 is 10.1 Å². The molecule has 0 saturated carbocycles. The number of halogens is 1. The van der Waals surface area contributed by atoms with Crippen molar-refractivity contribution in [1.29, 1.82) is 0 Å². The zero-order valence-corrected chi connectivity index (χ0v) is 19.9. The van der Waals surface area contributed by atoms with Gasteiger partial charge in [-0.25, -0.2) is 9.37 Å². The molecule has 0 radical (unpaired) electrons. The van der Waals surface area contributed by atoms with Crippen LogP contribution >= 0.6 is 0 Å². The summed E-state index contributed by atoms with van der Waals surface area (Å²) in [6, 6.07) is 12.0. The van der Waals surface area contributed by atoms with E-state index in [1.807, 2.05) is 18.0 Å². The van der Waals surface area contributed by atoms with Crippen LogP contribution in [0, 0.1) is 5.82 Å². The van der Waals surface area contributed by atoms with Crippen molar-refractivity contribution < 1.29 is 13.9 Å². The van der Waals surface area contributed by atoms with Gasteiger partial charge in [-0.05, 0) is 62.5 Å². The number of amides is 1. The Morgan fingerprint density at radius 2 is 2.09 bits per heavy atom. The van der Waals surface area contributed by atoms with Gasteiger partial charge in [-0.15, -0.1) is 0 Å². The molecule has 2 aromatic carbocycles. The Bertz CT molecular complexity index is 1390. The van der Waals surface area contributed by atoms with E-state index < -0.39 is 0 Å². The molecule has 1 aliphatic rings. The van der Waals surface area contributed by atoms with Gasteiger partial charge in [-0.3, -0.25) is 9.78 Å². The first kappa shape index (κ1) is 22.8. The summed E-state index contributed by atoms with van der Waals surface area (Å²) in [5, 5.41) is 3.99. The third kappa shape index (κ3) is 4.67. The molecular weight excluding hydrogens is 447 g/mol. The van der Waals surface area contributed by atoms with E-state index in [2.05, 4.69) is 32.2 Å². The quantitative estimate of drug-likeness (QED) is 0.434. The van der Waals surface area contributed by atoms with Crippen molar-refractivity contribution in [3.8, 4) is 17.1 Å². The molecular formula is C26H27FN6O2. The van der Waals surface area contributed by atoms with Gasteiger partial charge in [0.05, 0.1) is 30.9 Å². The number of rotatable bonds is 6. The van der Waals surface area contributed by atoms with Gasteiger partial charge in [0, 0.05) is 36.1 Å². The lowest BCUT2D eigenvalue weighted by Gasteiger charge is -2.25. The molecule has 1 saturated heterocycles. The molecule has 1 amide bonds. The average molecular weight is 475 g/mol. The summed E-state index contributed by atoms with van der Waals surface area (Å²) < 4.78 is 19.1. The minimum absolute atomic E-state index is 0.0350. The molecule has 1 fully saturated rings. The highest BCUT2D eigenvalue weighted by atomic mass is 19.1. The highest BCUT2D eigenvalue weighted by Crippen LogP contribution is 2.30. The molecule has 4 aromatic rings. The molecule has 1 aliphatic heterocycles. The van der Waals surface area contributed by atoms with Gasteiger partial charge in [-0.1, -0.05) is 0 Å². The fourth-order valence-corrected chi connectivity index (χ4v) is 4.46. The molecule has 180 valence electrons. The molecule has 2 N–H and O–H groups in total. The van der Waals surface area contributed by atoms with Gasteiger partial charge in [0.2, 0.25) is 0 Å². The van der Waals surface area contributed by atoms with Crippen LogP contribution in [0.3, 0.4) is 0 Å². The number of hydrogen-bond donors (Lipinski definition) is 2. The maximum Gasteiger partial charge on any atom is 0.254 e. The summed E-state index contributed by atoms with van der Waals surface area (Å²) in [5.41, 5.74) is 3.39. The first-order valence-corrected chi connectivity index (χ1v) is 11.4.